The van der Waals surface area contributed by atoms with Crippen molar-refractivity contribution < 1.29 is 4.79 Å². The van der Waals surface area contributed by atoms with Crippen molar-refractivity contribution >= 4 is 11.6 Å². The number of rotatable bonds is 5. The zero-order valence-corrected chi connectivity index (χ0v) is 13.2. The van der Waals surface area contributed by atoms with Gasteiger partial charge in [0.2, 0.25) is 5.91 Å². The predicted octanol–water partition coefficient (Wildman–Crippen LogP) is 2.45. The molecule has 1 amide bonds. The molecule has 0 aliphatic rings. The fourth-order valence-electron chi connectivity index (χ4n) is 1.83. The van der Waals surface area contributed by atoms with E-state index >= 15 is 0 Å². The molecule has 4 heteroatoms. The lowest BCUT2D eigenvalue weighted by Crippen LogP contribution is -2.38. The van der Waals surface area contributed by atoms with Crippen LogP contribution in [0.3, 0.4) is 0 Å². The number of anilines is 1. The minimum atomic E-state index is -0.146. The quantitative estimate of drug-likeness (QED) is 0.869. The van der Waals surface area contributed by atoms with Gasteiger partial charge in [-0.05, 0) is 37.2 Å². The summed E-state index contributed by atoms with van der Waals surface area (Å²) in [4.78, 5) is 14.1. The van der Waals surface area contributed by atoms with Gasteiger partial charge in [-0.1, -0.05) is 32.9 Å². The molecule has 0 saturated heterocycles. The van der Waals surface area contributed by atoms with Crippen LogP contribution in [-0.4, -0.2) is 30.9 Å². The van der Waals surface area contributed by atoms with Crippen molar-refractivity contribution in [3.05, 3.63) is 29.8 Å². The van der Waals surface area contributed by atoms with Crippen molar-refractivity contribution in [1.82, 2.24) is 4.90 Å². The van der Waals surface area contributed by atoms with Crippen LogP contribution < -0.4 is 11.1 Å². The second kappa shape index (κ2) is 6.86. The molecule has 1 atom stereocenters. The highest BCUT2D eigenvalue weighted by Crippen LogP contribution is 2.20. The average molecular weight is 277 g/mol. The van der Waals surface area contributed by atoms with Crippen LogP contribution in [0.15, 0.2) is 24.3 Å². The molecule has 0 aromatic heterocycles. The van der Waals surface area contributed by atoms with Crippen molar-refractivity contribution in [3.8, 4) is 0 Å². The van der Waals surface area contributed by atoms with Gasteiger partial charge >= 0.3 is 0 Å². The molecule has 0 bridgehead atoms. The average Bonchev–Trinajstić information content (AvgIpc) is 2.26. The fourth-order valence-corrected chi connectivity index (χ4v) is 1.83. The van der Waals surface area contributed by atoms with Crippen molar-refractivity contribution in [2.75, 3.05) is 19.4 Å². The van der Waals surface area contributed by atoms with E-state index in [4.69, 9.17) is 5.73 Å². The van der Waals surface area contributed by atoms with Gasteiger partial charge in [0.25, 0.3) is 0 Å². The molecular formula is C16H27N3O. The van der Waals surface area contributed by atoms with Crippen LogP contribution in [0.2, 0.25) is 0 Å². The highest BCUT2D eigenvalue weighted by Gasteiger charge is 2.23. The summed E-state index contributed by atoms with van der Waals surface area (Å²) in [5.74, 6) is -0.0329. The van der Waals surface area contributed by atoms with Crippen LogP contribution in [0.5, 0.6) is 0 Å². The van der Waals surface area contributed by atoms with E-state index in [-0.39, 0.29) is 17.4 Å². The monoisotopic (exact) mass is 277 g/mol. The lowest BCUT2D eigenvalue weighted by atomic mass is 9.85. The summed E-state index contributed by atoms with van der Waals surface area (Å²) >= 11 is 0. The Hall–Kier alpha value is -1.39. The summed E-state index contributed by atoms with van der Waals surface area (Å²) in [5.41, 5.74) is 7.97. The van der Waals surface area contributed by atoms with Crippen LogP contribution in [0, 0.1) is 5.41 Å². The van der Waals surface area contributed by atoms with E-state index in [0.717, 1.165) is 12.2 Å². The predicted molar refractivity (Wildman–Crippen MR) is 84.5 cm³/mol. The van der Waals surface area contributed by atoms with Crippen molar-refractivity contribution in [2.24, 2.45) is 11.1 Å². The molecule has 0 fully saturated rings. The summed E-state index contributed by atoms with van der Waals surface area (Å²) in [6.07, 6.45) is 0.335. The standard InChI is InChI=1S/C16H27N3O/c1-16(2,3)14(17)10-15(20)18-13-8-6-7-12(9-13)11-19(4)5/h6-9,14H,10-11,17H2,1-5H3,(H,18,20). The summed E-state index contributed by atoms with van der Waals surface area (Å²) in [6, 6.07) is 7.77. The molecule has 1 aromatic rings. The number of nitrogens with zero attached hydrogens (tertiary/aromatic N) is 1. The van der Waals surface area contributed by atoms with E-state index in [0.29, 0.717) is 6.42 Å². The van der Waals surface area contributed by atoms with Crippen LogP contribution in [0.4, 0.5) is 5.69 Å². The number of nitrogens with one attached hydrogen (secondary N) is 1. The summed E-state index contributed by atoms with van der Waals surface area (Å²) in [6.45, 7) is 6.99. The first-order valence-corrected chi connectivity index (χ1v) is 6.97. The zero-order valence-electron chi connectivity index (χ0n) is 13.2. The number of nitrogens with two attached hydrogens (primary N) is 1. The molecule has 0 aliphatic heterocycles. The maximum atomic E-state index is 12.0. The molecule has 3 N–H and O–H groups in total. The normalized spacial score (nSPS) is 13.3. The molecule has 0 aliphatic carbocycles. The Morgan fingerprint density at radius 3 is 2.55 bits per heavy atom. The first-order valence-electron chi connectivity index (χ1n) is 6.97. The highest BCUT2D eigenvalue weighted by molar-refractivity contribution is 5.91. The number of hydrogen-bond acceptors (Lipinski definition) is 3. The largest absolute Gasteiger partial charge is 0.327 e. The third-order valence-electron chi connectivity index (χ3n) is 3.23. The summed E-state index contributed by atoms with van der Waals surface area (Å²) < 4.78 is 0. The number of carbonyl (C=O) groups is 1. The molecule has 1 unspecified atom stereocenters. The zero-order chi connectivity index (χ0) is 15.3. The van der Waals surface area contributed by atoms with E-state index in [1.807, 2.05) is 53.1 Å². The minimum absolute atomic E-state index is 0.0329. The highest BCUT2D eigenvalue weighted by atomic mass is 16.1. The molecule has 0 radical (unpaired) electrons. The van der Waals surface area contributed by atoms with Crippen LogP contribution >= 0.6 is 0 Å². The Morgan fingerprint density at radius 2 is 2.00 bits per heavy atom. The van der Waals surface area contributed by atoms with Gasteiger partial charge in [0.15, 0.2) is 0 Å². The number of benzene rings is 1. The van der Waals surface area contributed by atoms with Crippen molar-refractivity contribution in [2.45, 2.75) is 39.8 Å². The Bertz CT molecular complexity index is 449. The van der Waals surface area contributed by atoms with Crippen LogP contribution in [-0.2, 0) is 11.3 Å². The van der Waals surface area contributed by atoms with Gasteiger partial charge in [0.1, 0.15) is 0 Å². The van der Waals surface area contributed by atoms with Gasteiger partial charge in [-0.25, -0.2) is 0 Å². The van der Waals surface area contributed by atoms with Gasteiger partial charge in [-0.3, -0.25) is 4.79 Å². The van der Waals surface area contributed by atoms with E-state index in [1.54, 1.807) is 0 Å². The van der Waals surface area contributed by atoms with Crippen molar-refractivity contribution in [1.29, 1.82) is 0 Å². The van der Waals surface area contributed by atoms with Gasteiger partial charge in [0.05, 0.1) is 0 Å². The summed E-state index contributed by atoms with van der Waals surface area (Å²) in [7, 11) is 4.04. The fraction of sp³-hybridized carbons (Fsp3) is 0.562. The van der Waals surface area contributed by atoms with Crippen LogP contribution in [0.1, 0.15) is 32.8 Å². The molecule has 1 rings (SSSR count). The molecule has 1 aromatic carbocycles. The second-order valence-electron chi connectivity index (χ2n) is 6.66. The van der Waals surface area contributed by atoms with Gasteiger partial charge in [-0.2, -0.15) is 0 Å². The lowest BCUT2D eigenvalue weighted by molar-refractivity contribution is -0.117. The van der Waals surface area contributed by atoms with E-state index in [9.17, 15) is 4.79 Å². The van der Waals surface area contributed by atoms with Crippen molar-refractivity contribution in [3.63, 3.8) is 0 Å². The maximum absolute atomic E-state index is 12.0. The number of amides is 1. The molecule has 20 heavy (non-hydrogen) atoms. The summed E-state index contributed by atoms with van der Waals surface area (Å²) in [5, 5.41) is 2.92. The Morgan fingerprint density at radius 1 is 1.35 bits per heavy atom. The van der Waals surface area contributed by atoms with E-state index < -0.39 is 0 Å². The van der Waals surface area contributed by atoms with Crippen LogP contribution in [0.25, 0.3) is 0 Å². The molecule has 4 nitrogen and oxygen atoms in total. The number of hydrogen-bond donors (Lipinski definition) is 2. The molecule has 0 saturated carbocycles. The molecular weight excluding hydrogens is 250 g/mol. The lowest BCUT2D eigenvalue weighted by Gasteiger charge is -2.26. The van der Waals surface area contributed by atoms with Gasteiger partial charge in [0, 0.05) is 24.7 Å². The smallest absolute Gasteiger partial charge is 0.225 e. The minimum Gasteiger partial charge on any atom is -0.327 e. The van der Waals surface area contributed by atoms with E-state index in [1.165, 1.54) is 5.56 Å². The third kappa shape index (κ3) is 5.72. The van der Waals surface area contributed by atoms with Gasteiger partial charge < -0.3 is 16.0 Å². The topological polar surface area (TPSA) is 58.4 Å². The third-order valence-corrected chi connectivity index (χ3v) is 3.23. The molecule has 112 valence electrons. The SMILES string of the molecule is CN(C)Cc1cccc(NC(=O)CC(N)C(C)(C)C)c1. The van der Waals surface area contributed by atoms with Gasteiger partial charge in [-0.15, -0.1) is 0 Å². The molecule has 0 heterocycles. The Labute approximate surface area is 122 Å². The first kappa shape index (κ1) is 16.7. The maximum Gasteiger partial charge on any atom is 0.225 e. The Balaban J connectivity index is 2.62. The Kier molecular flexibility index (Phi) is 5.72. The van der Waals surface area contributed by atoms with E-state index in [2.05, 4.69) is 16.3 Å². The second-order valence-corrected chi connectivity index (χ2v) is 6.66. The first-order chi connectivity index (χ1) is 9.18. The molecule has 0 spiro atoms. The number of carbonyl (C=O) groups excluding carboxylic acids is 1.